The molecule has 0 aliphatic heterocycles. The van der Waals surface area contributed by atoms with Gasteiger partial charge in [0.1, 0.15) is 0 Å². The molecule has 74 valence electrons. The Hall–Kier alpha value is -0.0500. The summed E-state index contributed by atoms with van der Waals surface area (Å²) in [6, 6.07) is 8.37. The fraction of sp³-hybridized carbons (Fsp3) is 0.400. The van der Waals surface area contributed by atoms with Crippen LogP contribution in [0.1, 0.15) is 17.5 Å². The molecule has 0 aromatic heterocycles. The lowest BCUT2D eigenvalue weighted by molar-refractivity contribution is 0.906. The van der Waals surface area contributed by atoms with Crippen LogP contribution in [0.3, 0.4) is 0 Å². The maximum atomic E-state index is 5.61. The predicted molar refractivity (Wildman–Crippen MR) is 63.7 cm³/mol. The van der Waals surface area contributed by atoms with Crippen molar-refractivity contribution in [1.29, 1.82) is 0 Å². The molecule has 0 fully saturated rings. The molecule has 0 bridgehead atoms. The van der Waals surface area contributed by atoms with Crippen molar-refractivity contribution in [1.82, 2.24) is 0 Å². The number of hydrogen-bond acceptors (Lipinski definition) is 1. The maximum Gasteiger partial charge on any atom is 0.0180 e. The van der Waals surface area contributed by atoms with E-state index in [1.54, 1.807) is 0 Å². The lowest BCUT2D eigenvalue weighted by Gasteiger charge is -2.05. The van der Waals surface area contributed by atoms with Crippen molar-refractivity contribution < 1.29 is 0 Å². The van der Waals surface area contributed by atoms with E-state index in [0.717, 1.165) is 11.8 Å². The van der Waals surface area contributed by atoms with E-state index < -0.39 is 0 Å². The molecule has 0 atom stereocenters. The highest BCUT2D eigenvalue weighted by Gasteiger charge is 1.97. The SMILES string of the molecule is Cl.NCc1ccccc1CCCBr. The van der Waals surface area contributed by atoms with E-state index in [4.69, 9.17) is 5.73 Å². The number of hydrogen-bond donors (Lipinski definition) is 1. The van der Waals surface area contributed by atoms with Crippen LogP contribution in [0.15, 0.2) is 24.3 Å². The van der Waals surface area contributed by atoms with Crippen LogP contribution in [0.2, 0.25) is 0 Å². The molecular formula is C10H15BrClN. The van der Waals surface area contributed by atoms with Gasteiger partial charge in [-0.2, -0.15) is 0 Å². The van der Waals surface area contributed by atoms with Crippen molar-refractivity contribution >= 4 is 28.3 Å². The zero-order chi connectivity index (χ0) is 8.81. The van der Waals surface area contributed by atoms with Crippen LogP contribution in [-0.4, -0.2) is 5.33 Å². The summed E-state index contributed by atoms with van der Waals surface area (Å²) >= 11 is 3.42. The second-order valence-electron chi connectivity index (χ2n) is 2.77. The fourth-order valence-corrected chi connectivity index (χ4v) is 1.54. The molecular weight excluding hydrogens is 249 g/mol. The number of aryl methyl sites for hydroxylation is 1. The van der Waals surface area contributed by atoms with Crippen molar-refractivity contribution in [3.8, 4) is 0 Å². The van der Waals surface area contributed by atoms with Crippen molar-refractivity contribution in [2.45, 2.75) is 19.4 Å². The summed E-state index contributed by atoms with van der Waals surface area (Å²) in [5, 5.41) is 1.06. The van der Waals surface area contributed by atoms with Crippen molar-refractivity contribution in [2.24, 2.45) is 5.73 Å². The van der Waals surface area contributed by atoms with Gasteiger partial charge in [0.2, 0.25) is 0 Å². The van der Waals surface area contributed by atoms with Gasteiger partial charge in [-0.1, -0.05) is 40.2 Å². The van der Waals surface area contributed by atoms with Crippen LogP contribution in [-0.2, 0) is 13.0 Å². The van der Waals surface area contributed by atoms with Gasteiger partial charge < -0.3 is 5.73 Å². The molecule has 0 aliphatic rings. The molecule has 0 unspecified atom stereocenters. The van der Waals surface area contributed by atoms with Crippen LogP contribution >= 0.6 is 28.3 Å². The zero-order valence-electron chi connectivity index (χ0n) is 7.50. The van der Waals surface area contributed by atoms with Gasteiger partial charge in [0, 0.05) is 11.9 Å². The molecule has 1 aromatic rings. The first-order valence-electron chi connectivity index (χ1n) is 4.21. The topological polar surface area (TPSA) is 26.0 Å². The van der Waals surface area contributed by atoms with E-state index in [1.165, 1.54) is 17.5 Å². The molecule has 1 rings (SSSR count). The lowest BCUT2D eigenvalue weighted by atomic mass is 10.0. The largest absolute Gasteiger partial charge is 0.326 e. The molecule has 2 N–H and O–H groups in total. The Kier molecular flexibility index (Phi) is 7.33. The van der Waals surface area contributed by atoms with Gasteiger partial charge in [0.05, 0.1) is 0 Å². The summed E-state index contributed by atoms with van der Waals surface area (Å²) in [5.74, 6) is 0. The maximum absolute atomic E-state index is 5.61. The molecule has 1 nitrogen and oxygen atoms in total. The molecule has 3 heteroatoms. The summed E-state index contributed by atoms with van der Waals surface area (Å²) in [4.78, 5) is 0. The van der Waals surface area contributed by atoms with Crippen molar-refractivity contribution in [3.05, 3.63) is 35.4 Å². The average Bonchev–Trinajstić information content (AvgIpc) is 2.15. The first-order valence-corrected chi connectivity index (χ1v) is 5.33. The number of alkyl halides is 1. The smallest absolute Gasteiger partial charge is 0.0180 e. The standard InChI is InChI=1S/C10H14BrN.ClH/c11-7-3-6-9-4-1-2-5-10(9)8-12;/h1-2,4-5H,3,6-8,12H2;1H. The highest BCUT2D eigenvalue weighted by Crippen LogP contribution is 2.10. The van der Waals surface area contributed by atoms with Crippen LogP contribution < -0.4 is 5.73 Å². The van der Waals surface area contributed by atoms with Crippen LogP contribution in [0.5, 0.6) is 0 Å². The minimum Gasteiger partial charge on any atom is -0.326 e. The first kappa shape index (κ1) is 12.9. The van der Waals surface area contributed by atoms with Gasteiger partial charge in [-0.05, 0) is 24.0 Å². The van der Waals surface area contributed by atoms with Gasteiger partial charge in [-0.25, -0.2) is 0 Å². The Morgan fingerprint density at radius 1 is 1.15 bits per heavy atom. The second-order valence-corrected chi connectivity index (χ2v) is 3.56. The third kappa shape index (κ3) is 4.12. The van der Waals surface area contributed by atoms with Gasteiger partial charge in [-0.3, -0.25) is 0 Å². The molecule has 1 aromatic carbocycles. The number of halogens is 2. The molecule has 13 heavy (non-hydrogen) atoms. The van der Waals surface area contributed by atoms with E-state index in [-0.39, 0.29) is 12.4 Å². The summed E-state index contributed by atoms with van der Waals surface area (Å²) in [6.07, 6.45) is 2.30. The van der Waals surface area contributed by atoms with E-state index in [9.17, 15) is 0 Å². The molecule has 0 saturated carbocycles. The predicted octanol–water partition coefficient (Wildman–Crippen LogP) is 2.89. The van der Waals surface area contributed by atoms with Gasteiger partial charge in [0.25, 0.3) is 0 Å². The van der Waals surface area contributed by atoms with E-state index in [0.29, 0.717) is 6.54 Å². The Labute approximate surface area is 94.3 Å². The molecule has 0 amide bonds. The third-order valence-electron chi connectivity index (χ3n) is 1.92. The number of rotatable bonds is 4. The summed E-state index contributed by atoms with van der Waals surface area (Å²) in [5.41, 5.74) is 8.28. The zero-order valence-corrected chi connectivity index (χ0v) is 9.90. The average molecular weight is 265 g/mol. The van der Waals surface area contributed by atoms with Crippen LogP contribution in [0, 0.1) is 0 Å². The third-order valence-corrected chi connectivity index (χ3v) is 2.48. The fourth-order valence-electron chi connectivity index (χ4n) is 1.26. The molecule has 0 aliphatic carbocycles. The first-order chi connectivity index (χ1) is 5.88. The van der Waals surface area contributed by atoms with Crippen molar-refractivity contribution in [2.75, 3.05) is 5.33 Å². The summed E-state index contributed by atoms with van der Waals surface area (Å²) in [7, 11) is 0. The highest BCUT2D eigenvalue weighted by atomic mass is 79.9. The minimum absolute atomic E-state index is 0. The van der Waals surface area contributed by atoms with Crippen molar-refractivity contribution in [3.63, 3.8) is 0 Å². The Balaban J connectivity index is 0.00000144. The van der Waals surface area contributed by atoms with Gasteiger partial charge in [-0.15, -0.1) is 12.4 Å². The Bertz CT molecular complexity index is 240. The quantitative estimate of drug-likeness (QED) is 0.832. The van der Waals surface area contributed by atoms with Crippen LogP contribution in [0.25, 0.3) is 0 Å². The minimum atomic E-state index is 0. The number of nitrogens with two attached hydrogens (primary N) is 1. The number of benzene rings is 1. The second kappa shape index (κ2) is 7.36. The van der Waals surface area contributed by atoms with E-state index in [2.05, 4.69) is 34.1 Å². The molecule has 0 heterocycles. The lowest BCUT2D eigenvalue weighted by Crippen LogP contribution is -2.01. The highest BCUT2D eigenvalue weighted by molar-refractivity contribution is 9.09. The molecule has 0 saturated heterocycles. The summed E-state index contributed by atoms with van der Waals surface area (Å²) in [6.45, 7) is 0.651. The van der Waals surface area contributed by atoms with Gasteiger partial charge in [0.15, 0.2) is 0 Å². The molecule has 0 radical (unpaired) electrons. The normalized spacial score (nSPS) is 9.38. The van der Waals surface area contributed by atoms with E-state index >= 15 is 0 Å². The Morgan fingerprint density at radius 3 is 2.31 bits per heavy atom. The van der Waals surface area contributed by atoms with Crippen LogP contribution in [0.4, 0.5) is 0 Å². The van der Waals surface area contributed by atoms with Gasteiger partial charge >= 0.3 is 0 Å². The monoisotopic (exact) mass is 263 g/mol. The van der Waals surface area contributed by atoms with E-state index in [1.807, 2.05) is 6.07 Å². The Morgan fingerprint density at radius 2 is 1.77 bits per heavy atom. The summed E-state index contributed by atoms with van der Waals surface area (Å²) < 4.78 is 0. The molecule has 0 spiro atoms.